The minimum atomic E-state index is -0.856. The molecule has 4 heterocycles. The number of carbonyl (C=O) groups is 4. The van der Waals surface area contributed by atoms with Crippen molar-refractivity contribution in [2.45, 2.75) is 119 Å². The predicted molar refractivity (Wildman–Crippen MR) is 290 cm³/mol. The van der Waals surface area contributed by atoms with Crippen LogP contribution in [0.1, 0.15) is 137 Å². The molecule has 0 fully saturated rings. The number of nitrogens with zero attached hydrogens (tertiary/aromatic N) is 8. The van der Waals surface area contributed by atoms with Gasteiger partial charge in [-0.05, 0) is 183 Å². The minimum Gasteiger partial charge on any atom is -0.481 e. The second-order valence-electron chi connectivity index (χ2n) is 20.3. The molecule has 14 heteroatoms. The highest BCUT2D eigenvalue weighted by molar-refractivity contribution is 5.95. The highest BCUT2D eigenvalue weighted by Gasteiger charge is 2.29. The average molecular weight is 1010 g/mol. The van der Waals surface area contributed by atoms with Crippen LogP contribution in [0.2, 0.25) is 0 Å². The monoisotopic (exact) mass is 1010 g/mol. The quantitative estimate of drug-likeness (QED) is 0.113. The fourth-order valence-electron chi connectivity index (χ4n) is 10.9. The summed E-state index contributed by atoms with van der Waals surface area (Å²) in [6.07, 6.45) is 1.73. The molecule has 10 rings (SSSR count). The predicted octanol–water partition coefficient (Wildman–Crippen LogP) is 9.84. The molecule has 75 heavy (non-hydrogen) atoms. The van der Waals surface area contributed by atoms with Crippen molar-refractivity contribution in [1.82, 2.24) is 39.8 Å². The zero-order chi connectivity index (χ0) is 53.2. The first-order valence-corrected chi connectivity index (χ1v) is 26.0. The van der Waals surface area contributed by atoms with Gasteiger partial charge in [-0.3, -0.25) is 19.2 Å². The van der Waals surface area contributed by atoms with Gasteiger partial charge in [-0.15, -0.1) is 10.2 Å². The summed E-state index contributed by atoms with van der Waals surface area (Å²) in [7, 11) is 0. The Hall–Kier alpha value is -7.84. The molecule has 6 aromatic carbocycles. The Morgan fingerprint density at radius 1 is 0.533 bits per heavy atom. The summed E-state index contributed by atoms with van der Waals surface area (Å²) in [4.78, 5) is 54.9. The normalized spacial score (nSPS) is 14.0. The lowest BCUT2D eigenvalue weighted by atomic mass is 9.82. The zero-order valence-corrected chi connectivity index (χ0v) is 44.3. The SMILES string of the molecule is CCn1nnc2c(C)c([C@@H](CC(=O)CO)c3ccc4c(c3)CN(C(=O)c3ccc(C)c(C)c3)CC4)ccc21.CCn1nnc2c(C)c([C@@H](CC(=O)O)c3ccc4c(c3)CN(C(=O)c3ccc(C)c(C)c3)CC4)ccc21. The number of aliphatic carboxylic acids is 1. The second-order valence-corrected chi connectivity index (χ2v) is 20.3. The van der Waals surface area contributed by atoms with Gasteiger partial charge in [-0.2, -0.15) is 0 Å². The largest absolute Gasteiger partial charge is 0.481 e. The first-order chi connectivity index (χ1) is 36.1. The van der Waals surface area contributed by atoms with E-state index >= 15 is 0 Å². The molecule has 2 amide bonds. The number of benzene rings is 6. The third-order valence-corrected chi connectivity index (χ3v) is 15.7. The van der Waals surface area contributed by atoms with E-state index in [2.05, 4.69) is 57.0 Å². The van der Waals surface area contributed by atoms with Gasteiger partial charge >= 0.3 is 5.97 Å². The van der Waals surface area contributed by atoms with E-state index in [0.29, 0.717) is 37.3 Å². The molecule has 0 aliphatic carbocycles. The van der Waals surface area contributed by atoms with E-state index in [4.69, 9.17) is 0 Å². The number of carbonyl (C=O) groups excluding carboxylic acids is 3. The molecule has 2 aromatic heterocycles. The first kappa shape index (κ1) is 52.0. The number of Topliss-reactive ketones (excluding diaryl/α,β-unsaturated/α-hetero) is 1. The van der Waals surface area contributed by atoms with Crippen LogP contribution in [0.25, 0.3) is 22.1 Å². The maximum atomic E-state index is 13.3. The number of hydrogen-bond acceptors (Lipinski definition) is 9. The zero-order valence-electron chi connectivity index (χ0n) is 44.3. The Morgan fingerprint density at radius 2 is 0.973 bits per heavy atom. The number of carboxylic acids is 1. The molecule has 2 atom stereocenters. The number of aliphatic hydroxyl groups is 1. The molecule has 14 nitrogen and oxygen atoms in total. The summed E-state index contributed by atoms with van der Waals surface area (Å²) >= 11 is 0. The number of aryl methyl sites for hydroxylation is 8. The third kappa shape index (κ3) is 10.6. The van der Waals surface area contributed by atoms with Crippen molar-refractivity contribution in [2.75, 3.05) is 19.7 Å². The Balaban J connectivity index is 0.000000184. The van der Waals surface area contributed by atoms with Gasteiger partial charge in [0.1, 0.15) is 17.6 Å². The van der Waals surface area contributed by atoms with Crippen LogP contribution in [-0.4, -0.2) is 93.3 Å². The third-order valence-electron chi connectivity index (χ3n) is 15.7. The number of amides is 2. The number of hydrogen-bond donors (Lipinski definition) is 2. The maximum absolute atomic E-state index is 13.3. The molecule has 8 aromatic rings. The minimum absolute atomic E-state index is 0.0292. The summed E-state index contributed by atoms with van der Waals surface area (Å²) in [6.45, 7) is 19.5. The number of fused-ring (bicyclic) bond motifs is 4. The Kier molecular flexibility index (Phi) is 15.2. The Labute approximate surface area is 438 Å². The fraction of sp³-hybridized carbons (Fsp3) is 0.344. The molecule has 2 aliphatic rings. The lowest BCUT2D eigenvalue weighted by Gasteiger charge is -2.30. The van der Waals surface area contributed by atoms with Crippen LogP contribution in [0.4, 0.5) is 0 Å². The van der Waals surface area contributed by atoms with Gasteiger partial charge in [0.2, 0.25) is 0 Å². The van der Waals surface area contributed by atoms with Gasteiger partial charge in [0.05, 0.1) is 17.5 Å². The van der Waals surface area contributed by atoms with Gasteiger partial charge in [0, 0.05) is 68.7 Å². The molecule has 0 unspecified atom stereocenters. The number of aliphatic hydroxyl groups excluding tert-OH is 1. The van der Waals surface area contributed by atoms with E-state index in [1.165, 1.54) is 22.3 Å². The van der Waals surface area contributed by atoms with Crippen LogP contribution < -0.4 is 0 Å². The number of aromatic nitrogens is 6. The number of carboxylic acid groups (broad SMARTS) is 1. The molecule has 0 saturated heterocycles. The van der Waals surface area contributed by atoms with Crippen LogP contribution in [-0.2, 0) is 48.6 Å². The summed E-state index contributed by atoms with van der Waals surface area (Å²) < 4.78 is 3.71. The molecule has 2 N–H and O–H groups in total. The van der Waals surface area contributed by atoms with Gasteiger partial charge in [0.25, 0.3) is 11.8 Å². The van der Waals surface area contributed by atoms with E-state index in [0.717, 1.165) is 104 Å². The topological polar surface area (TPSA) is 177 Å². The average Bonchev–Trinajstić information content (AvgIpc) is 4.06. The van der Waals surface area contributed by atoms with Crippen LogP contribution in [0.15, 0.2) is 97.1 Å². The summed E-state index contributed by atoms with van der Waals surface area (Å²) in [5, 5.41) is 36.6. The van der Waals surface area contributed by atoms with Crippen LogP contribution in [0.3, 0.4) is 0 Å². The van der Waals surface area contributed by atoms with Crippen LogP contribution in [0, 0.1) is 41.5 Å². The molecule has 0 bridgehead atoms. The summed E-state index contributed by atoms with van der Waals surface area (Å²) in [5.74, 6) is -1.56. The number of ketones is 1. The van der Waals surface area contributed by atoms with Crippen molar-refractivity contribution in [3.05, 3.63) is 186 Å². The van der Waals surface area contributed by atoms with E-state index < -0.39 is 12.6 Å². The van der Waals surface area contributed by atoms with Crippen molar-refractivity contribution in [3.8, 4) is 0 Å². The Bertz CT molecular complexity index is 3520. The summed E-state index contributed by atoms with van der Waals surface area (Å²) in [6, 6.07) is 32.4. The van der Waals surface area contributed by atoms with Gasteiger partial charge in [-0.25, -0.2) is 9.36 Å². The van der Waals surface area contributed by atoms with Crippen LogP contribution >= 0.6 is 0 Å². The van der Waals surface area contributed by atoms with Crippen LogP contribution in [0.5, 0.6) is 0 Å². The standard InChI is InChI=1S/C31H34N4O3.C30H32N4O3/c1-5-35-29-11-10-27(21(4)30(29)32-33-35)28(16-26(37)18-36)23-9-8-22-12-13-34(17-25(22)15-23)31(38)24-7-6-19(2)20(3)14-24;1-5-34-27-11-10-25(20(4)29(27)31-32-34)26(16-28(35)36)22-9-8-21-12-13-33(17-24(21)15-22)30(37)23-7-6-18(2)19(3)14-23/h6-11,14-15,28,36H,5,12-13,16-18H2,1-4H3;6-11,14-15,26H,5,12-13,16-17H2,1-4H3,(H,35,36)/t28-;26-/m00/s1. The smallest absolute Gasteiger partial charge is 0.304 e. The van der Waals surface area contributed by atoms with E-state index in [1.807, 2.05) is 135 Å². The maximum Gasteiger partial charge on any atom is 0.304 e. The van der Waals surface area contributed by atoms with Crippen molar-refractivity contribution < 1.29 is 29.4 Å². The van der Waals surface area contributed by atoms with Gasteiger partial charge in [-0.1, -0.05) is 71.1 Å². The lowest BCUT2D eigenvalue weighted by molar-refractivity contribution is -0.137. The summed E-state index contributed by atoms with van der Waals surface area (Å²) in [5.41, 5.74) is 19.9. The van der Waals surface area contributed by atoms with Gasteiger partial charge < -0.3 is 20.0 Å². The lowest BCUT2D eigenvalue weighted by Crippen LogP contribution is -2.36. The highest BCUT2D eigenvalue weighted by atomic mass is 16.4. The Morgan fingerprint density at radius 3 is 1.37 bits per heavy atom. The van der Waals surface area contributed by atoms with Crippen molar-refractivity contribution in [1.29, 1.82) is 0 Å². The van der Waals surface area contributed by atoms with E-state index in [-0.39, 0.29) is 42.3 Å². The molecular formula is C61H66N8O6. The van der Waals surface area contributed by atoms with Crippen molar-refractivity contribution in [2.24, 2.45) is 0 Å². The molecule has 2 aliphatic heterocycles. The molecule has 0 spiro atoms. The fourth-order valence-corrected chi connectivity index (χ4v) is 10.9. The molecule has 0 radical (unpaired) electrons. The van der Waals surface area contributed by atoms with E-state index in [1.54, 1.807) is 0 Å². The van der Waals surface area contributed by atoms with Crippen molar-refractivity contribution >= 4 is 45.6 Å². The first-order valence-electron chi connectivity index (χ1n) is 26.0. The molecular weight excluding hydrogens is 941 g/mol. The number of rotatable bonds is 13. The van der Waals surface area contributed by atoms with E-state index in [9.17, 15) is 29.4 Å². The second kappa shape index (κ2) is 21.9. The highest BCUT2D eigenvalue weighted by Crippen LogP contribution is 2.37. The molecule has 386 valence electrons. The molecule has 0 saturated carbocycles. The van der Waals surface area contributed by atoms with Gasteiger partial charge in [0.15, 0.2) is 5.78 Å². The van der Waals surface area contributed by atoms with Crippen molar-refractivity contribution in [3.63, 3.8) is 0 Å².